The molecule has 3 N–H and O–H groups in total. The second-order valence-electron chi connectivity index (χ2n) is 17.4. The predicted molar refractivity (Wildman–Crippen MR) is 180 cm³/mol. The summed E-state index contributed by atoms with van der Waals surface area (Å²) in [5.74, 6) is 0.0371. The van der Waals surface area contributed by atoms with Crippen molar-refractivity contribution in [1.29, 1.82) is 0 Å². The zero-order valence-electron chi connectivity index (χ0n) is 29.1. The summed E-state index contributed by atoms with van der Waals surface area (Å²) in [5, 5.41) is 22.3. The van der Waals surface area contributed by atoms with Crippen LogP contribution in [0.4, 0.5) is 0 Å². The van der Waals surface area contributed by atoms with Crippen LogP contribution in [-0.4, -0.2) is 59.6 Å². The standard InChI is InChI=1S/C39H56N2O5/c1-35(2)26(24-10-12-25(13-11-24)32(42)43)16-19-36(3)30(35)17-20-38(5)31(36)15-14-27-28-9-8-18-39(28,22-21-37(27,38)4)34(46)40-29(33(44)45)23-41(6)7/h10-13,16,27-31H,8-9,14-15,17-23H2,1-7H3,(H,40,46)(H,42,43)(H,44,45)/t27-,28-,29+,30+,31-,36+,37-,38-,39+/m1/s1. The van der Waals surface area contributed by atoms with Crippen LogP contribution in [0, 0.1) is 50.7 Å². The molecule has 0 heterocycles. The SMILES string of the molecule is CN(C)C[C@H](NC(=O)[C@]12CCC[C@@H]1[C@H]1CC[C@@H]3[C@@]4(C)CC=C(c5ccc(C(=O)O)cc5)C(C)(C)[C@@H]4CC[C@@]3(C)[C@]1(C)CC2)C(=O)O. The van der Waals surface area contributed by atoms with E-state index in [0.717, 1.165) is 50.5 Å². The van der Waals surface area contributed by atoms with Gasteiger partial charge in [0.15, 0.2) is 0 Å². The lowest BCUT2D eigenvalue weighted by Crippen LogP contribution is -2.66. The van der Waals surface area contributed by atoms with E-state index in [1.54, 1.807) is 12.1 Å². The van der Waals surface area contributed by atoms with Crippen LogP contribution in [0.3, 0.4) is 0 Å². The quantitative estimate of drug-likeness (QED) is 0.290. The van der Waals surface area contributed by atoms with E-state index >= 15 is 0 Å². The molecule has 7 heteroatoms. The summed E-state index contributed by atoms with van der Waals surface area (Å²) in [4.78, 5) is 39.5. The number of carbonyl (C=O) groups excluding carboxylic acids is 1. The molecule has 0 saturated heterocycles. The number of benzene rings is 1. The van der Waals surface area contributed by atoms with Crippen LogP contribution in [0.1, 0.15) is 115 Å². The van der Waals surface area contributed by atoms with Crippen LogP contribution in [0.5, 0.6) is 0 Å². The Morgan fingerprint density at radius 1 is 0.848 bits per heavy atom. The molecule has 7 nitrogen and oxygen atoms in total. The maximum atomic E-state index is 14.1. The van der Waals surface area contributed by atoms with E-state index in [4.69, 9.17) is 0 Å². The molecule has 0 radical (unpaired) electrons. The zero-order chi connectivity index (χ0) is 33.4. The first-order valence-corrected chi connectivity index (χ1v) is 17.7. The zero-order valence-corrected chi connectivity index (χ0v) is 29.1. The van der Waals surface area contributed by atoms with Crippen LogP contribution < -0.4 is 5.32 Å². The fourth-order valence-corrected chi connectivity index (χ4v) is 12.7. The summed E-state index contributed by atoms with van der Waals surface area (Å²) in [6.07, 6.45) is 13.1. The molecule has 5 aliphatic rings. The van der Waals surface area contributed by atoms with E-state index in [1.165, 1.54) is 24.8 Å². The Morgan fingerprint density at radius 3 is 2.17 bits per heavy atom. The number of rotatable bonds is 7. The van der Waals surface area contributed by atoms with Gasteiger partial charge in [-0.15, -0.1) is 0 Å². The Kier molecular flexibility index (Phi) is 8.10. The van der Waals surface area contributed by atoms with Crippen molar-refractivity contribution in [3.05, 3.63) is 41.5 Å². The van der Waals surface area contributed by atoms with Gasteiger partial charge in [0.2, 0.25) is 5.91 Å². The highest BCUT2D eigenvalue weighted by Crippen LogP contribution is 2.77. The maximum absolute atomic E-state index is 14.1. The molecular weight excluding hydrogens is 576 g/mol. The number of amides is 1. The van der Waals surface area contributed by atoms with Gasteiger partial charge in [-0.3, -0.25) is 4.79 Å². The molecule has 0 unspecified atom stereocenters. The number of fused-ring (bicyclic) bond motifs is 7. The van der Waals surface area contributed by atoms with Gasteiger partial charge >= 0.3 is 11.9 Å². The fourth-order valence-electron chi connectivity index (χ4n) is 12.7. The van der Waals surface area contributed by atoms with Crippen molar-refractivity contribution >= 4 is 23.4 Å². The first-order valence-electron chi connectivity index (χ1n) is 17.7. The lowest BCUT2D eigenvalue weighted by atomic mass is 9.32. The summed E-state index contributed by atoms with van der Waals surface area (Å²) in [5.41, 5.74) is 2.81. The number of allylic oxidation sites excluding steroid dienone is 2. The van der Waals surface area contributed by atoms with Gasteiger partial charge in [-0.05, 0) is 140 Å². The Bertz CT molecular complexity index is 1430. The molecule has 6 rings (SSSR count). The third-order valence-electron chi connectivity index (χ3n) is 15.0. The highest BCUT2D eigenvalue weighted by atomic mass is 16.4. The van der Waals surface area contributed by atoms with E-state index in [1.807, 2.05) is 31.1 Å². The fraction of sp³-hybridized carbons (Fsp3) is 0.718. The number of carboxylic acids is 2. The summed E-state index contributed by atoms with van der Waals surface area (Å²) in [6, 6.07) is 6.56. The van der Waals surface area contributed by atoms with Crippen molar-refractivity contribution in [1.82, 2.24) is 10.2 Å². The summed E-state index contributed by atoms with van der Waals surface area (Å²) >= 11 is 0. The Hall–Kier alpha value is -2.67. The van der Waals surface area contributed by atoms with Crippen LogP contribution in [0.25, 0.3) is 5.57 Å². The molecule has 0 aromatic heterocycles. The van der Waals surface area contributed by atoms with Crippen LogP contribution >= 0.6 is 0 Å². The van der Waals surface area contributed by atoms with Crippen molar-refractivity contribution in [2.75, 3.05) is 20.6 Å². The minimum Gasteiger partial charge on any atom is -0.480 e. The predicted octanol–water partition coefficient (Wildman–Crippen LogP) is 7.36. The van der Waals surface area contributed by atoms with Gasteiger partial charge in [0.1, 0.15) is 6.04 Å². The van der Waals surface area contributed by atoms with Gasteiger partial charge in [0, 0.05) is 6.54 Å². The highest BCUT2D eigenvalue weighted by Gasteiger charge is 2.70. The van der Waals surface area contributed by atoms with Crippen LogP contribution in [-0.2, 0) is 9.59 Å². The third-order valence-corrected chi connectivity index (χ3v) is 15.0. The average molecular weight is 633 g/mol. The molecule has 0 spiro atoms. The molecule has 0 bridgehead atoms. The number of aromatic carboxylic acids is 1. The molecule has 4 fully saturated rings. The number of nitrogens with zero attached hydrogens (tertiary/aromatic N) is 1. The second kappa shape index (κ2) is 11.2. The highest BCUT2D eigenvalue weighted by molar-refractivity contribution is 5.89. The molecular formula is C39H56N2O5. The lowest BCUT2D eigenvalue weighted by molar-refractivity contribution is -0.222. The van der Waals surface area contributed by atoms with E-state index in [2.05, 4.69) is 46.0 Å². The van der Waals surface area contributed by atoms with Crippen molar-refractivity contribution in [3.63, 3.8) is 0 Å². The topological polar surface area (TPSA) is 107 Å². The molecule has 5 aliphatic carbocycles. The first kappa shape index (κ1) is 33.2. The Morgan fingerprint density at radius 2 is 1.54 bits per heavy atom. The molecule has 252 valence electrons. The van der Waals surface area contributed by atoms with Gasteiger partial charge in [-0.25, -0.2) is 9.59 Å². The minimum absolute atomic E-state index is 0.0164. The van der Waals surface area contributed by atoms with Crippen LogP contribution in [0.2, 0.25) is 0 Å². The molecule has 9 atom stereocenters. The molecule has 0 aliphatic heterocycles. The smallest absolute Gasteiger partial charge is 0.335 e. The summed E-state index contributed by atoms with van der Waals surface area (Å²) < 4.78 is 0. The summed E-state index contributed by atoms with van der Waals surface area (Å²) in [7, 11) is 3.70. The largest absolute Gasteiger partial charge is 0.480 e. The normalized spacial score (nSPS) is 40.0. The molecule has 46 heavy (non-hydrogen) atoms. The van der Waals surface area contributed by atoms with E-state index in [0.29, 0.717) is 35.8 Å². The number of nitrogens with one attached hydrogen (secondary N) is 1. The first-order chi connectivity index (χ1) is 21.5. The Balaban J connectivity index is 1.28. The maximum Gasteiger partial charge on any atom is 0.335 e. The third kappa shape index (κ3) is 4.72. The minimum atomic E-state index is -0.962. The number of aliphatic carboxylic acids is 1. The van der Waals surface area contributed by atoms with Crippen molar-refractivity contribution < 1.29 is 24.6 Å². The van der Waals surface area contributed by atoms with Gasteiger partial charge in [-0.2, -0.15) is 0 Å². The van der Waals surface area contributed by atoms with Crippen LogP contribution in [0.15, 0.2) is 30.3 Å². The number of carbonyl (C=O) groups is 3. The number of carboxylic acid groups (broad SMARTS) is 2. The molecule has 1 aromatic carbocycles. The number of hydrogen-bond acceptors (Lipinski definition) is 4. The van der Waals surface area contributed by atoms with Gasteiger partial charge in [0.05, 0.1) is 11.0 Å². The van der Waals surface area contributed by atoms with E-state index < -0.39 is 23.4 Å². The van der Waals surface area contributed by atoms with Gasteiger partial charge in [-0.1, -0.05) is 59.2 Å². The number of hydrogen-bond donors (Lipinski definition) is 3. The van der Waals surface area contributed by atoms with Crippen molar-refractivity contribution in [2.45, 2.75) is 105 Å². The number of likely N-dealkylation sites (N-methyl/N-ethyl adjacent to an activating group) is 1. The monoisotopic (exact) mass is 632 g/mol. The Labute approximate surface area is 275 Å². The van der Waals surface area contributed by atoms with Gasteiger partial charge in [0.25, 0.3) is 0 Å². The van der Waals surface area contributed by atoms with E-state index in [-0.39, 0.29) is 27.6 Å². The van der Waals surface area contributed by atoms with Crippen molar-refractivity contribution in [2.24, 2.45) is 50.7 Å². The lowest BCUT2D eigenvalue weighted by Gasteiger charge is -2.72. The van der Waals surface area contributed by atoms with E-state index in [9.17, 15) is 24.6 Å². The molecule has 1 amide bonds. The molecule has 1 aromatic rings. The van der Waals surface area contributed by atoms with Crippen molar-refractivity contribution in [3.8, 4) is 0 Å². The van der Waals surface area contributed by atoms with Gasteiger partial charge < -0.3 is 20.4 Å². The average Bonchev–Trinajstić information content (AvgIpc) is 3.42. The molecule has 4 saturated carbocycles. The summed E-state index contributed by atoms with van der Waals surface area (Å²) in [6.45, 7) is 12.9. The second-order valence-corrected chi connectivity index (χ2v) is 17.4.